The van der Waals surface area contributed by atoms with Crippen LogP contribution in [0.15, 0.2) is 71.1 Å². The van der Waals surface area contributed by atoms with Crippen molar-refractivity contribution in [3.63, 3.8) is 0 Å². The minimum atomic E-state index is -0.111. The van der Waals surface area contributed by atoms with Crippen LogP contribution in [0.2, 0.25) is 0 Å². The number of anilines is 1. The number of aryl methyl sites for hydroxylation is 1. The first kappa shape index (κ1) is 17.8. The summed E-state index contributed by atoms with van der Waals surface area (Å²) in [6, 6.07) is 20.7. The van der Waals surface area contributed by atoms with Crippen LogP contribution >= 0.6 is 0 Å². The number of hydrogen-bond donors (Lipinski definition) is 1. The maximum Gasteiger partial charge on any atom is 0.238 e. The van der Waals surface area contributed by atoms with E-state index in [9.17, 15) is 4.79 Å². The van der Waals surface area contributed by atoms with Crippen molar-refractivity contribution in [1.82, 2.24) is 4.90 Å². The molecule has 1 amide bonds. The minimum absolute atomic E-state index is 0.111. The van der Waals surface area contributed by atoms with Crippen LogP contribution in [-0.4, -0.2) is 24.4 Å². The van der Waals surface area contributed by atoms with E-state index in [1.165, 1.54) is 0 Å². The molecule has 0 aliphatic heterocycles. The lowest BCUT2D eigenvalue weighted by atomic mass is 10.2. The lowest BCUT2D eigenvalue weighted by Gasteiger charge is -2.16. The van der Waals surface area contributed by atoms with E-state index in [-0.39, 0.29) is 12.5 Å². The minimum Gasteiger partial charge on any atom is -0.465 e. The zero-order valence-electron chi connectivity index (χ0n) is 14.9. The molecule has 5 heteroatoms. The van der Waals surface area contributed by atoms with Crippen LogP contribution in [-0.2, 0) is 11.3 Å². The van der Waals surface area contributed by atoms with Crippen molar-refractivity contribution in [1.29, 1.82) is 0 Å². The van der Waals surface area contributed by atoms with Crippen molar-refractivity contribution < 1.29 is 13.9 Å². The van der Waals surface area contributed by atoms with Crippen LogP contribution in [0.1, 0.15) is 11.5 Å². The Morgan fingerprint density at radius 2 is 1.77 bits per heavy atom. The molecule has 0 bridgehead atoms. The highest BCUT2D eigenvalue weighted by Crippen LogP contribution is 2.29. The summed E-state index contributed by atoms with van der Waals surface area (Å²) in [7, 11) is 1.88. The summed E-state index contributed by atoms with van der Waals surface area (Å²) >= 11 is 0. The van der Waals surface area contributed by atoms with E-state index in [0.717, 1.165) is 17.3 Å². The Kier molecular flexibility index (Phi) is 5.71. The summed E-state index contributed by atoms with van der Waals surface area (Å²) in [5.74, 6) is 2.92. The second-order valence-corrected chi connectivity index (χ2v) is 6.14. The Morgan fingerprint density at radius 1 is 1.04 bits per heavy atom. The molecule has 0 atom stereocenters. The lowest BCUT2D eigenvalue weighted by molar-refractivity contribution is -0.117. The van der Waals surface area contributed by atoms with Gasteiger partial charge in [-0.15, -0.1) is 0 Å². The molecule has 1 aromatic heterocycles. The lowest BCUT2D eigenvalue weighted by Crippen LogP contribution is -2.29. The maximum atomic E-state index is 12.4. The first-order valence-corrected chi connectivity index (χ1v) is 8.46. The Morgan fingerprint density at radius 3 is 2.50 bits per heavy atom. The zero-order chi connectivity index (χ0) is 18.4. The van der Waals surface area contributed by atoms with Gasteiger partial charge >= 0.3 is 0 Å². The van der Waals surface area contributed by atoms with Gasteiger partial charge in [0.15, 0.2) is 5.75 Å². The van der Waals surface area contributed by atoms with Gasteiger partial charge in [-0.1, -0.05) is 30.3 Å². The van der Waals surface area contributed by atoms with Crippen molar-refractivity contribution in [3.05, 3.63) is 78.3 Å². The fraction of sp³-hybridized carbons (Fsp3) is 0.190. The van der Waals surface area contributed by atoms with E-state index < -0.39 is 0 Å². The molecule has 0 saturated heterocycles. The molecule has 0 radical (unpaired) electrons. The van der Waals surface area contributed by atoms with Crippen LogP contribution < -0.4 is 10.1 Å². The Hall–Kier alpha value is -3.05. The Labute approximate surface area is 153 Å². The van der Waals surface area contributed by atoms with E-state index in [0.29, 0.717) is 18.0 Å². The standard InChI is InChI=1S/C21H22N2O3/c1-16-12-13-18(25-16)14-23(2)15-21(24)22-19-10-6-7-11-20(19)26-17-8-4-3-5-9-17/h3-13H,14-15H2,1-2H3,(H,22,24). The van der Waals surface area contributed by atoms with E-state index >= 15 is 0 Å². The zero-order valence-corrected chi connectivity index (χ0v) is 14.9. The molecule has 0 spiro atoms. The van der Waals surface area contributed by atoms with Crippen molar-refractivity contribution in [2.24, 2.45) is 0 Å². The molecule has 0 saturated carbocycles. The fourth-order valence-corrected chi connectivity index (χ4v) is 2.60. The second kappa shape index (κ2) is 8.36. The van der Waals surface area contributed by atoms with Crippen molar-refractivity contribution in [2.45, 2.75) is 13.5 Å². The number of furan rings is 1. The van der Waals surface area contributed by atoms with Gasteiger partial charge in [0.1, 0.15) is 17.3 Å². The SMILES string of the molecule is Cc1ccc(CN(C)CC(=O)Nc2ccccc2Oc2ccccc2)o1. The summed E-state index contributed by atoms with van der Waals surface area (Å²) in [4.78, 5) is 14.3. The third kappa shape index (κ3) is 4.97. The molecule has 3 aromatic rings. The molecule has 134 valence electrons. The highest BCUT2D eigenvalue weighted by atomic mass is 16.5. The molecule has 3 rings (SSSR count). The quantitative estimate of drug-likeness (QED) is 0.684. The van der Waals surface area contributed by atoms with Gasteiger partial charge in [-0.3, -0.25) is 9.69 Å². The van der Waals surface area contributed by atoms with Gasteiger partial charge in [0.25, 0.3) is 0 Å². The van der Waals surface area contributed by atoms with E-state index in [2.05, 4.69) is 5.32 Å². The summed E-state index contributed by atoms with van der Waals surface area (Å²) in [5, 5.41) is 2.92. The van der Waals surface area contributed by atoms with Crippen molar-refractivity contribution in [3.8, 4) is 11.5 Å². The number of benzene rings is 2. The van der Waals surface area contributed by atoms with Gasteiger partial charge in [0.05, 0.1) is 18.8 Å². The number of nitrogens with zero attached hydrogens (tertiary/aromatic N) is 1. The third-order valence-corrected chi connectivity index (χ3v) is 3.77. The number of rotatable bonds is 7. The highest BCUT2D eigenvalue weighted by molar-refractivity contribution is 5.93. The predicted octanol–water partition coefficient (Wildman–Crippen LogP) is 4.45. The smallest absolute Gasteiger partial charge is 0.238 e. The molecule has 1 heterocycles. The second-order valence-electron chi connectivity index (χ2n) is 6.14. The van der Waals surface area contributed by atoms with Gasteiger partial charge in [-0.25, -0.2) is 0 Å². The molecule has 0 unspecified atom stereocenters. The van der Waals surface area contributed by atoms with Crippen LogP contribution in [0.3, 0.4) is 0 Å². The van der Waals surface area contributed by atoms with Gasteiger partial charge in [0.2, 0.25) is 5.91 Å². The number of para-hydroxylation sites is 3. The Balaban J connectivity index is 1.60. The van der Waals surface area contributed by atoms with Gasteiger partial charge < -0.3 is 14.5 Å². The van der Waals surface area contributed by atoms with Gasteiger partial charge in [0, 0.05) is 0 Å². The molecule has 0 aliphatic rings. The van der Waals surface area contributed by atoms with E-state index in [4.69, 9.17) is 9.15 Å². The van der Waals surface area contributed by atoms with Crippen LogP contribution in [0, 0.1) is 6.92 Å². The average Bonchev–Trinajstić information content (AvgIpc) is 3.02. The Bertz CT molecular complexity index is 858. The number of carbonyl (C=O) groups excluding carboxylic acids is 1. The van der Waals surface area contributed by atoms with Crippen LogP contribution in [0.5, 0.6) is 11.5 Å². The summed E-state index contributed by atoms with van der Waals surface area (Å²) in [5.41, 5.74) is 0.642. The number of ether oxygens (including phenoxy) is 1. The average molecular weight is 350 g/mol. The normalized spacial score (nSPS) is 10.7. The maximum absolute atomic E-state index is 12.4. The van der Waals surface area contributed by atoms with Gasteiger partial charge in [-0.2, -0.15) is 0 Å². The number of carbonyl (C=O) groups is 1. The number of likely N-dealkylation sites (N-methyl/N-ethyl adjacent to an activating group) is 1. The third-order valence-electron chi connectivity index (χ3n) is 3.77. The molecule has 5 nitrogen and oxygen atoms in total. The molecule has 26 heavy (non-hydrogen) atoms. The van der Waals surface area contributed by atoms with Crippen molar-refractivity contribution >= 4 is 11.6 Å². The summed E-state index contributed by atoms with van der Waals surface area (Å²) in [6.45, 7) is 2.72. The van der Waals surface area contributed by atoms with Crippen molar-refractivity contribution in [2.75, 3.05) is 18.9 Å². The molecule has 0 fully saturated rings. The molecular formula is C21H22N2O3. The van der Waals surface area contributed by atoms with Crippen LogP contribution in [0.25, 0.3) is 0 Å². The molecule has 2 aromatic carbocycles. The summed E-state index contributed by atoms with van der Waals surface area (Å²) < 4.78 is 11.4. The number of nitrogens with one attached hydrogen (secondary N) is 1. The fourth-order valence-electron chi connectivity index (χ4n) is 2.60. The number of amides is 1. The predicted molar refractivity (Wildman–Crippen MR) is 101 cm³/mol. The first-order valence-electron chi connectivity index (χ1n) is 8.46. The highest BCUT2D eigenvalue weighted by Gasteiger charge is 2.12. The van der Waals surface area contributed by atoms with Gasteiger partial charge in [-0.05, 0) is 50.4 Å². The summed E-state index contributed by atoms with van der Waals surface area (Å²) in [6.07, 6.45) is 0. The molecular weight excluding hydrogens is 328 g/mol. The van der Waals surface area contributed by atoms with E-state index in [1.807, 2.05) is 85.6 Å². The van der Waals surface area contributed by atoms with Crippen LogP contribution in [0.4, 0.5) is 5.69 Å². The first-order chi connectivity index (χ1) is 12.6. The molecule has 0 aliphatic carbocycles. The topological polar surface area (TPSA) is 54.7 Å². The number of hydrogen-bond acceptors (Lipinski definition) is 4. The molecule has 1 N–H and O–H groups in total. The van der Waals surface area contributed by atoms with E-state index in [1.54, 1.807) is 0 Å². The largest absolute Gasteiger partial charge is 0.465 e. The monoisotopic (exact) mass is 350 g/mol.